The van der Waals surface area contributed by atoms with Crippen molar-refractivity contribution in [2.75, 3.05) is 0 Å². The molecule has 1 atom stereocenters. The van der Waals surface area contributed by atoms with Gasteiger partial charge in [0, 0.05) is 6.42 Å². The fraction of sp³-hybridized carbons (Fsp3) is 0.318. The molecule has 0 saturated heterocycles. The van der Waals surface area contributed by atoms with E-state index in [1.54, 1.807) is 0 Å². The Morgan fingerprint density at radius 1 is 1.07 bits per heavy atom. The van der Waals surface area contributed by atoms with Crippen LogP contribution in [0.5, 0.6) is 0 Å². The fourth-order valence-corrected chi connectivity index (χ4v) is 4.37. The molecule has 0 amide bonds. The summed E-state index contributed by atoms with van der Waals surface area (Å²) < 4.78 is 3.32. The predicted octanol–water partition coefficient (Wildman–Crippen LogP) is 3.51. The van der Waals surface area contributed by atoms with Crippen LogP contribution in [0.4, 0.5) is 0 Å². The first-order valence-electron chi connectivity index (χ1n) is 9.49. The summed E-state index contributed by atoms with van der Waals surface area (Å²) in [4.78, 5) is 13.1. The highest BCUT2D eigenvalue weighted by Crippen LogP contribution is 2.43. The molecule has 0 radical (unpaired) electrons. The average Bonchev–Trinajstić information content (AvgIpc) is 3.23. The molecule has 0 N–H and O–H groups in total. The Labute approximate surface area is 157 Å². The number of aromatic nitrogens is 3. The Morgan fingerprint density at radius 3 is 2.44 bits per heavy atom. The second-order valence-corrected chi connectivity index (χ2v) is 7.54. The number of aryl methyl sites for hydroxylation is 1. The number of fused-ring (bicyclic) bond motifs is 1. The molecule has 5 rings (SSSR count). The SMILES string of the molecule is N#CC1(c2ccc(-n3nc4n(c3=O)[C@H](c3ccccc3)CC4)cc2)CCC1. The molecule has 1 aromatic heterocycles. The van der Waals surface area contributed by atoms with Crippen LogP contribution in [0.25, 0.3) is 5.69 Å². The number of hydrogen-bond donors (Lipinski definition) is 0. The van der Waals surface area contributed by atoms with E-state index in [-0.39, 0.29) is 17.1 Å². The van der Waals surface area contributed by atoms with Gasteiger partial charge in [0.05, 0.1) is 23.2 Å². The minimum atomic E-state index is -0.335. The lowest BCUT2D eigenvalue weighted by molar-refractivity contribution is 0.324. The van der Waals surface area contributed by atoms with Gasteiger partial charge in [0.2, 0.25) is 0 Å². The molecule has 3 aromatic rings. The van der Waals surface area contributed by atoms with Gasteiger partial charge in [-0.2, -0.15) is 9.94 Å². The second kappa shape index (κ2) is 5.95. The van der Waals surface area contributed by atoms with Crippen molar-refractivity contribution in [1.29, 1.82) is 5.26 Å². The lowest BCUT2D eigenvalue weighted by Gasteiger charge is -2.35. The van der Waals surface area contributed by atoms with Crippen molar-refractivity contribution in [2.24, 2.45) is 0 Å². The van der Waals surface area contributed by atoms with Crippen LogP contribution in [-0.4, -0.2) is 14.3 Å². The Hall–Kier alpha value is -3.13. The third-order valence-electron chi connectivity index (χ3n) is 6.10. The summed E-state index contributed by atoms with van der Waals surface area (Å²) in [7, 11) is 0. The second-order valence-electron chi connectivity index (χ2n) is 7.54. The molecule has 134 valence electrons. The minimum Gasteiger partial charge on any atom is -0.271 e. The number of nitrogens with zero attached hydrogens (tertiary/aromatic N) is 4. The molecule has 5 nitrogen and oxygen atoms in total. The average molecular weight is 356 g/mol. The lowest BCUT2D eigenvalue weighted by atomic mass is 9.65. The van der Waals surface area contributed by atoms with E-state index in [0.29, 0.717) is 0 Å². The molecular weight excluding hydrogens is 336 g/mol. The maximum atomic E-state index is 13.1. The number of rotatable bonds is 3. The smallest absolute Gasteiger partial charge is 0.271 e. The highest BCUT2D eigenvalue weighted by Gasteiger charge is 2.39. The zero-order valence-corrected chi connectivity index (χ0v) is 15.0. The van der Waals surface area contributed by atoms with E-state index in [9.17, 15) is 10.1 Å². The first kappa shape index (κ1) is 16.1. The van der Waals surface area contributed by atoms with Crippen LogP contribution in [-0.2, 0) is 11.8 Å². The van der Waals surface area contributed by atoms with Crippen LogP contribution in [0, 0.1) is 11.3 Å². The Morgan fingerprint density at radius 2 is 1.81 bits per heavy atom. The van der Waals surface area contributed by atoms with Gasteiger partial charge in [0.1, 0.15) is 5.82 Å². The first-order chi connectivity index (χ1) is 13.2. The van der Waals surface area contributed by atoms with E-state index >= 15 is 0 Å². The molecule has 27 heavy (non-hydrogen) atoms. The largest absolute Gasteiger partial charge is 0.351 e. The van der Waals surface area contributed by atoms with Gasteiger partial charge in [-0.3, -0.25) is 4.57 Å². The van der Waals surface area contributed by atoms with Crippen LogP contribution in [0.15, 0.2) is 59.4 Å². The molecule has 2 heterocycles. The van der Waals surface area contributed by atoms with Gasteiger partial charge in [0.15, 0.2) is 0 Å². The van der Waals surface area contributed by atoms with Gasteiger partial charge >= 0.3 is 5.69 Å². The summed E-state index contributed by atoms with van der Waals surface area (Å²) >= 11 is 0. The van der Waals surface area contributed by atoms with E-state index < -0.39 is 0 Å². The third-order valence-corrected chi connectivity index (χ3v) is 6.10. The van der Waals surface area contributed by atoms with Crippen LogP contribution in [0.1, 0.15) is 48.7 Å². The van der Waals surface area contributed by atoms with Crippen LogP contribution in [0.3, 0.4) is 0 Å². The van der Waals surface area contributed by atoms with E-state index in [2.05, 4.69) is 23.3 Å². The van der Waals surface area contributed by atoms with Crippen LogP contribution < -0.4 is 5.69 Å². The Kier molecular flexibility index (Phi) is 3.54. The summed E-state index contributed by atoms with van der Waals surface area (Å²) in [6.07, 6.45) is 4.65. The van der Waals surface area contributed by atoms with E-state index in [4.69, 9.17) is 0 Å². The summed E-state index contributed by atoms with van der Waals surface area (Å²) in [5.41, 5.74) is 2.52. The van der Waals surface area contributed by atoms with Gasteiger partial charge in [-0.05, 0) is 48.9 Å². The lowest BCUT2D eigenvalue weighted by Crippen LogP contribution is -2.32. The quantitative estimate of drug-likeness (QED) is 0.721. The standard InChI is InChI=1S/C22H20N4O/c23-15-22(13-4-14-22)17-7-9-18(10-8-17)26-21(27)25-19(11-12-20(25)24-26)16-5-2-1-3-6-16/h1-3,5-10,19H,4,11-14H2/t19-/m0/s1. The minimum absolute atomic E-state index is 0.0542. The summed E-state index contributed by atoms with van der Waals surface area (Å²) in [5.74, 6) is 0.838. The molecule has 0 bridgehead atoms. The van der Waals surface area contributed by atoms with Crippen molar-refractivity contribution < 1.29 is 0 Å². The summed E-state index contributed by atoms with van der Waals surface area (Å²) in [5, 5.41) is 14.1. The monoisotopic (exact) mass is 356 g/mol. The number of benzene rings is 2. The van der Waals surface area contributed by atoms with Gasteiger partial charge in [-0.25, -0.2) is 4.79 Å². The molecular formula is C22H20N4O. The van der Waals surface area contributed by atoms with Crippen molar-refractivity contribution in [3.63, 3.8) is 0 Å². The first-order valence-corrected chi connectivity index (χ1v) is 9.49. The summed E-state index contributed by atoms with van der Waals surface area (Å²) in [6.45, 7) is 0. The number of nitriles is 1. The molecule has 1 aliphatic carbocycles. The maximum absolute atomic E-state index is 13.1. The van der Waals surface area contributed by atoms with Crippen molar-refractivity contribution in [3.8, 4) is 11.8 Å². The maximum Gasteiger partial charge on any atom is 0.351 e. The molecule has 0 spiro atoms. The molecule has 5 heteroatoms. The van der Waals surface area contributed by atoms with Crippen molar-refractivity contribution in [2.45, 2.75) is 43.6 Å². The highest BCUT2D eigenvalue weighted by molar-refractivity contribution is 5.41. The van der Waals surface area contributed by atoms with Gasteiger partial charge in [0.25, 0.3) is 0 Å². The van der Waals surface area contributed by atoms with E-state index in [1.165, 1.54) is 4.68 Å². The van der Waals surface area contributed by atoms with Gasteiger partial charge in [-0.15, -0.1) is 5.10 Å². The molecule has 0 unspecified atom stereocenters. The van der Waals surface area contributed by atoms with E-state index in [0.717, 1.165) is 54.7 Å². The Balaban J connectivity index is 1.51. The van der Waals surface area contributed by atoms with Gasteiger partial charge < -0.3 is 0 Å². The Bertz CT molecular complexity index is 1080. The molecule has 1 saturated carbocycles. The molecule has 1 aliphatic heterocycles. The molecule has 2 aromatic carbocycles. The number of hydrogen-bond acceptors (Lipinski definition) is 3. The summed E-state index contributed by atoms with van der Waals surface area (Å²) in [6, 6.07) is 20.4. The van der Waals surface area contributed by atoms with Crippen molar-refractivity contribution in [1.82, 2.24) is 14.3 Å². The zero-order valence-electron chi connectivity index (χ0n) is 15.0. The topological polar surface area (TPSA) is 63.6 Å². The fourth-order valence-electron chi connectivity index (χ4n) is 4.37. The van der Waals surface area contributed by atoms with E-state index in [1.807, 2.05) is 47.0 Å². The van der Waals surface area contributed by atoms with Crippen molar-refractivity contribution >= 4 is 0 Å². The van der Waals surface area contributed by atoms with Crippen molar-refractivity contribution in [3.05, 3.63) is 82.0 Å². The highest BCUT2D eigenvalue weighted by atomic mass is 16.2. The van der Waals surface area contributed by atoms with Crippen LogP contribution >= 0.6 is 0 Å². The molecule has 1 fully saturated rings. The third kappa shape index (κ3) is 2.37. The normalized spacial score (nSPS) is 19.9. The molecule has 2 aliphatic rings. The predicted molar refractivity (Wildman–Crippen MR) is 102 cm³/mol. The zero-order chi connectivity index (χ0) is 18.4. The van der Waals surface area contributed by atoms with Crippen LogP contribution in [0.2, 0.25) is 0 Å². The van der Waals surface area contributed by atoms with Gasteiger partial charge in [-0.1, -0.05) is 42.5 Å².